The van der Waals surface area contributed by atoms with Crippen LogP contribution in [0.3, 0.4) is 0 Å². The molecule has 5 nitrogen and oxygen atoms in total. The smallest absolute Gasteiger partial charge is 0.337 e. The third-order valence-corrected chi connectivity index (χ3v) is 4.65. The minimum atomic E-state index is -1.000. The third-order valence-electron chi connectivity index (χ3n) is 4.37. The molecular weight excluding hydrogens is 278 g/mol. The molecule has 108 valence electrons. The summed E-state index contributed by atoms with van der Waals surface area (Å²) in [4.78, 5) is 17.3. The molecule has 0 bridgehead atoms. The fourth-order valence-corrected chi connectivity index (χ4v) is 3.56. The number of halogens is 1. The Labute approximate surface area is 122 Å². The maximum atomic E-state index is 10.9. The number of carbonyl (C=O) groups is 1. The molecule has 0 radical (unpaired) electrons. The molecule has 1 aromatic heterocycles. The Hall–Kier alpha value is -1.33. The van der Waals surface area contributed by atoms with E-state index in [0.717, 1.165) is 32.6 Å². The van der Waals surface area contributed by atoms with Crippen molar-refractivity contribution in [1.29, 1.82) is 0 Å². The Bertz CT molecular complexity index is 529. The summed E-state index contributed by atoms with van der Waals surface area (Å²) in [6.45, 7) is 4.03. The molecule has 0 aliphatic carbocycles. The van der Waals surface area contributed by atoms with Crippen LogP contribution in [-0.4, -0.2) is 42.2 Å². The summed E-state index contributed by atoms with van der Waals surface area (Å²) in [5.74, 6) is -0.292. The molecule has 1 spiro atoms. The molecule has 2 fully saturated rings. The van der Waals surface area contributed by atoms with E-state index in [0.29, 0.717) is 16.3 Å². The Kier molecular flexibility index (Phi) is 3.56. The summed E-state index contributed by atoms with van der Waals surface area (Å²) in [5.41, 5.74) is 0.460. The standard InChI is InChI=1S/C14H18ClN3O2/c15-11-6-10(13(19)20)7-17-12(11)18-5-3-14(9-18)2-1-4-16-8-14/h6-7,16H,1-5,8-9H2,(H,19,20). The highest BCUT2D eigenvalue weighted by atomic mass is 35.5. The molecule has 1 atom stereocenters. The maximum Gasteiger partial charge on any atom is 0.337 e. The third kappa shape index (κ3) is 2.47. The number of piperidine rings is 1. The first-order chi connectivity index (χ1) is 9.60. The van der Waals surface area contributed by atoms with Crippen LogP contribution in [0.4, 0.5) is 5.82 Å². The van der Waals surface area contributed by atoms with Gasteiger partial charge in [0.15, 0.2) is 0 Å². The monoisotopic (exact) mass is 295 g/mol. The molecular formula is C14H18ClN3O2. The number of rotatable bonds is 2. The van der Waals surface area contributed by atoms with Crippen molar-refractivity contribution in [3.05, 3.63) is 22.8 Å². The molecule has 0 amide bonds. The molecule has 1 aromatic rings. The van der Waals surface area contributed by atoms with Crippen molar-refractivity contribution >= 4 is 23.4 Å². The second-order valence-corrected chi connectivity index (χ2v) is 6.19. The molecule has 1 unspecified atom stereocenters. The fourth-order valence-electron chi connectivity index (χ4n) is 3.27. The zero-order valence-corrected chi connectivity index (χ0v) is 12.0. The first-order valence-corrected chi connectivity index (χ1v) is 7.32. The van der Waals surface area contributed by atoms with Crippen LogP contribution < -0.4 is 10.2 Å². The Morgan fingerprint density at radius 3 is 3.00 bits per heavy atom. The molecule has 0 aromatic carbocycles. The van der Waals surface area contributed by atoms with Gasteiger partial charge in [0.25, 0.3) is 0 Å². The molecule has 3 rings (SSSR count). The Morgan fingerprint density at radius 2 is 2.35 bits per heavy atom. The summed E-state index contributed by atoms with van der Waals surface area (Å²) in [7, 11) is 0. The lowest BCUT2D eigenvalue weighted by molar-refractivity contribution is 0.0696. The van der Waals surface area contributed by atoms with E-state index in [-0.39, 0.29) is 5.56 Å². The van der Waals surface area contributed by atoms with Gasteiger partial charge in [0.1, 0.15) is 5.82 Å². The second-order valence-electron chi connectivity index (χ2n) is 5.79. The molecule has 0 saturated carbocycles. The Morgan fingerprint density at radius 1 is 1.50 bits per heavy atom. The normalized spacial score (nSPS) is 26.1. The average Bonchev–Trinajstić information content (AvgIpc) is 2.83. The number of carboxylic acid groups (broad SMARTS) is 1. The van der Waals surface area contributed by atoms with Crippen LogP contribution in [-0.2, 0) is 0 Å². The van der Waals surface area contributed by atoms with Gasteiger partial charge in [0.2, 0.25) is 0 Å². The first-order valence-electron chi connectivity index (χ1n) is 6.94. The number of aromatic carboxylic acids is 1. The van der Waals surface area contributed by atoms with Gasteiger partial charge in [-0.15, -0.1) is 0 Å². The van der Waals surface area contributed by atoms with Crippen LogP contribution in [0.15, 0.2) is 12.3 Å². The molecule has 3 heterocycles. The van der Waals surface area contributed by atoms with Gasteiger partial charge in [-0.05, 0) is 31.9 Å². The molecule has 2 N–H and O–H groups in total. The van der Waals surface area contributed by atoms with Crippen LogP contribution in [0.2, 0.25) is 5.02 Å². The van der Waals surface area contributed by atoms with Gasteiger partial charge < -0.3 is 15.3 Å². The average molecular weight is 296 g/mol. The van der Waals surface area contributed by atoms with Crippen molar-refractivity contribution in [1.82, 2.24) is 10.3 Å². The predicted octanol–water partition coefficient (Wildman–Crippen LogP) is 2.01. The van der Waals surface area contributed by atoms with Crippen molar-refractivity contribution < 1.29 is 9.90 Å². The van der Waals surface area contributed by atoms with Gasteiger partial charge in [0.05, 0.1) is 10.6 Å². The highest BCUT2D eigenvalue weighted by Gasteiger charge is 2.39. The van der Waals surface area contributed by atoms with Gasteiger partial charge in [-0.3, -0.25) is 0 Å². The number of nitrogens with zero attached hydrogens (tertiary/aromatic N) is 2. The molecule has 2 saturated heterocycles. The highest BCUT2D eigenvalue weighted by Crippen LogP contribution is 2.39. The summed E-state index contributed by atoms with van der Waals surface area (Å²) in [6.07, 6.45) is 4.97. The van der Waals surface area contributed by atoms with Crippen molar-refractivity contribution in [2.75, 3.05) is 31.1 Å². The fraction of sp³-hybridized carbons (Fsp3) is 0.571. The van der Waals surface area contributed by atoms with Gasteiger partial charge in [-0.1, -0.05) is 11.6 Å². The van der Waals surface area contributed by atoms with Gasteiger partial charge in [-0.2, -0.15) is 0 Å². The van der Waals surface area contributed by atoms with Crippen LogP contribution in [0.25, 0.3) is 0 Å². The molecule has 2 aliphatic heterocycles. The minimum Gasteiger partial charge on any atom is -0.478 e. The number of pyridine rings is 1. The number of aromatic nitrogens is 1. The molecule has 20 heavy (non-hydrogen) atoms. The van der Waals surface area contributed by atoms with Crippen LogP contribution in [0.5, 0.6) is 0 Å². The van der Waals surface area contributed by atoms with E-state index >= 15 is 0 Å². The highest BCUT2D eigenvalue weighted by molar-refractivity contribution is 6.33. The second kappa shape index (κ2) is 5.22. The lowest BCUT2D eigenvalue weighted by atomic mass is 9.80. The minimum absolute atomic E-state index is 0.131. The van der Waals surface area contributed by atoms with Crippen molar-refractivity contribution in [3.8, 4) is 0 Å². The van der Waals surface area contributed by atoms with E-state index in [4.69, 9.17) is 16.7 Å². The van der Waals surface area contributed by atoms with E-state index in [9.17, 15) is 4.79 Å². The van der Waals surface area contributed by atoms with Crippen LogP contribution >= 0.6 is 11.6 Å². The van der Waals surface area contributed by atoms with Gasteiger partial charge in [0, 0.05) is 31.2 Å². The number of hydrogen-bond acceptors (Lipinski definition) is 4. The van der Waals surface area contributed by atoms with E-state index in [1.165, 1.54) is 25.1 Å². The van der Waals surface area contributed by atoms with Crippen molar-refractivity contribution in [3.63, 3.8) is 0 Å². The quantitative estimate of drug-likeness (QED) is 0.874. The van der Waals surface area contributed by atoms with E-state index in [2.05, 4.69) is 15.2 Å². The van der Waals surface area contributed by atoms with E-state index < -0.39 is 5.97 Å². The van der Waals surface area contributed by atoms with E-state index in [1.54, 1.807) is 0 Å². The largest absolute Gasteiger partial charge is 0.478 e. The lowest BCUT2D eigenvalue weighted by Crippen LogP contribution is -2.42. The Balaban J connectivity index is 1.79. The zero-order chi connectivity index (χ0) is 14.2. The maximum absolute atomic E-state index is 10.9. The number of anilines is 1. The predicted molar refractivity (Wildman–Crippen MR) is 77.6 cm³/mol. The van der Waals surface area contributed by atoms with Crippen molar-refractivity contribution in [2.24, 2.45) is 5.41 Å². The number of nitrogens with one attached hydrogen (secondary N) is 1. The number of hydrogen-bond donors (Lipinski definition) is 2. The van der Waals surface area contributed by atoms with Crippen LogP contribution in [0.1, 0.15) is 29.6 Å². The zero-order valence-electron chi connectivity index (χ0n) is 11.2. The summed E-state index contributed by atoms with van der Waals surface area (Å²) in [5, 5.41) is 12.8. The van der Waals surface area contributed by atoms with Gasteiger partial charge >= 0.3 is 5.97 Å². The number of carboxylic acids is 1. The summed E-state index contributed by atoms with van der Waals surface area (Å²) < 4.78 is 0. The first kappa shape index (κ1) is 13.6. The molecule has 2 aliphatic rings. The topological polar surface area (TPSA) is 65.5 Å². The van der Waals surface area contributed by atoms with Crippen LogP contribution in [0, 0.1) is 5.41 Å². The SMILES string of the molecule is O=C(O)c1cnc(N2CCC3(CCCNC3)C2)c(Cl)c1. The molecule has 6 heteroatoms. The summed E-state index contributed by atoms with van der Waals surface area (Å²) in [6, 6.07) is 1.48. The summed E-state index contributed by atoms with van der Waals surface area (Å²) >= 11 is 6.20. The lowest BCUT2D eigenvalue weighted by Gasteiger charge is -2.34. The van der Waals surface area contributed by atoms with E-state index in [1.807, 2.05) is 0 Å². The van der Waals surface area contributed by atoms with Crippen molar-refractivity contribution in [2.45, 2.75) is 19.3 Å². The van der Waals surface area contributed by atoms with Gasteiger partial charge in [-0.25, -0.2) is 9.78 Å².